The van der Waals surface area contributed by atoms with Crippen LogP contribution in [0.4, 0.5) is 0 Å². The van der Waals surface area contributed by atoms with E-state index >= 15 is 0 Å². The number of nitrogens with zero attached hydrogens (tertiary/aromatic N) is 2. The van der Waals surface area contributed by atoms with Gasteiger partial charge >= 0.3 is 0 Å². The molecule has 2 heterocycles. The SMILES string of the molecule is CCC(C)C1CN(C(C)c2nc(C)cs2)CCCN1. The first-order valence-electron chi connectivity index (χ1n) is 7.51. The van der Waals surface area contributed by atoms with Crippen molar-refractivity contribution in [2.24, 2.45) is 5.92 Å². The molecule has 0 aliphatic carbocycles. The largest absolute Gasteiger partial charge is 0.312 e. The van der Waals surface area contributed by atoms with Crippen LogP contribution < -0.4 is 5.32 Å². The minimum absolute atomic E-state index is 0.449. The number of rotatable bonds is 4. The topological polar surface area (TPSA) is 28.2 Å². The van der Waals surface area contributed by atoms with Gasteiger partial charge in [0.2, 0.25) is 0 Å². The van der Waals surface area contributed by atoms with Crippen LogP contribution in [0.25, 0.3) is 0 Å². The summed E-state index contributed by atoms with van der Waals surface area (Å²) in [6, 6.07) is 1.07. The van der Waals surface area contributed by atoms with Gasteiger partial charge in [0.25, 0.3) is 0 Å². The standard InChI is InChI=1S/C15H27N3S/c1-5-11(2)14-9-18(8-6-7-16-14)13(4)15-17-12(3)10-19-15/h10-11,13-14,16H,5-9H2,1-4H3. The Balaban J connectivity index is 2.05. The second-order valence-corrected chi connectivity index (χ2v) is 6.69. The van der Waals surface area contributed by atoms with E-state index in [-0.39, 0.29) is 0 Å². The quantitative estimate of drug-likeness (QED) is 0.918. The van der Waals surface area contributed by atoms with Crippen LogP contribution in [0, 0.1) is 12.8 Å². The van der Waals surface area contributed by atoms with E-state index < -0.39 is 0 Å². The first-order chi connectivity index (χ1) is 9.11. The van der Waals surface area contributed by atoms with E-state index in [1.54, 1.807) is 11.3 Å². The van der Waals surface area contributed by atoms with Crippen molar-refractivity contribution >= 4 is 11.3 Å². The molecule has 4 heteroatoms. The number of aryl methyl sites for hydroxylation is 1. The minimum atomic E-state index is 0.449. The maximum Gasteiger partial charge on any atom is 0.110 e. The average molecular weight is 281 g/mol. The van der Waals surface area contributed by atoms with E-state index in [2.05, 4.69) is 48.3 Å². The van der Waals surface area contributed by atoms with Gasteiger partial charge in [0.05, 0.1) is 6.04 Å². The molecule has 108 valence electrons. The van der Waals surface area contributed by atoms with Crippen LogP contribution in [0.15, 0.2) is 5.38 Å². The van der Waals surface area contributed by atoms with Crippen LogP contribution in [0.3, 0.4) is 0 Å². The molecule has 0 spiro atoms. The number of nitrogens with one attached hydrogen (secondary N) is 1. The maximum atomic E-state index is 4.66. The highest BCUT2D eigenvalue weighted by Gasteiger charge is 2.26. The molecule has 1 saturated heterocycles. The van der Waals surface area contributed by atoms with Gasteiger partial charge in [0.1, 0.15) is 5.01 Å². The molecule has 0 amide bonds. The Morgan fingerprint density at radius 3 is 2.95 bits per heavy atom. The lowest BCUT2D eigenvalue weighted by molar-refractivity contribution is 0.188. The Kier molecular flexibility index (Phi) is 5.37. The van der Waals surface area contributed by atoms with E-state index in [4.69, 9.17) is 0 Å². The lowest BCUT2D eigenvalue weighted by Crippen LogP contribution is -2.42. The Morgan fingerprint density at radius 2 is 2.32 bits per heavy atom. The molecule has 0 bridgehead atoms. The third-order valence-electron chi connectivity index (χ3n) is 4.33. The van der Waals surface area contributed by atoms with Crippen LogP contribution >= 0.6 is 11.3 Å². The van der Waals surface area contributed by atoms with E-state index in [1.165, 1.54) is 24.4 Å². The summed E-state index contributed by atoms with van der Waals surface area (Å²) in [5.74, 6) is 0.742. The Labute approximate surface area is 121 Å². The summed E-state index contributed by atoms with van der Waals surface area (Å²) in [7, 11) is 0. The molecule has 3 unspecified atom stereocenters. The molecule has 0 saturated carbocycles. The van der Waals surface area contributed by atoms with E-state index in [0.29, 0.717) is 12.1 Å². The molecule has 0 aromatic carbocycles. The van der Waals surface area contributed by atoms with Gasteiger partial charge in [-0.05, 0) is 32.7 Å². The van der Waals surface area contributed by atoms with Gasteiger partial charge in [-0.15, -0.1) is 11.3 Å². The van der Waals surface area contributed by atoms with Gasteiger partial charge in [-0.3, -0.25) is 4.90 Å². The predicted octanol–water partition coefficient (Wildman–Crippen LogP) is 3.22. The first kappa shape index (κ1) is 14.9. The number of hydrogen-bond acceptors (Lipinski definition) is 4. The van der Waals surface area contributed by atoms with Gasteiger partial charge in [-0.2, -0.15) is 0 Å². The predicted molar refractivity (Wildman–Crippen MR) is 82.7 cm³/mol. The highest BCUT2D eigenvalue weighted by atomic mass is 32.1. The van der Waals surface area contributed by atoms with Gasteiger partial charge in [-0.25, -0.2) is 4.98 Å². The van der Waals surface area contributed by atoms with Crippen molar-refractivity contribution in [1.29, 1.82) is 0 Å². The zero-order valence-corrected chi connectivity index (χ0v) is 13.5. The van der Waals surface area contributed by atoms with Crippen LogP contribution in [0.1, 0.15) is 50.4 Å². The summed E-state index contributed by atoms with van der Waals surface area (Å²) in [6.45, 7) is 12.5. The molecular formula is C15H27N3S. The molecule has 3 nitrogen and oxygen atoms in total. The zero-order chi connectivity index (χ0) is 13.8. The monoisotopic (exact) mass is 281 g/mol. The number of aromatic nitrogens is 1. The summed E-state index contributed by atoms with van der Waals surface area (Å²) in [6.07, 6.45) is 2.48. The highest BCUT2D eigenvalue weighted by Crippen LogP contribution is 2.26. The maximum absolute atomic E-state index is 4.66. The normalized spacial score (nSPS) is 24.9. The lowest BCUT2D eigenvalue weighted by atomic mass is 9.98. The van der Waals surface area contributed by atoms with Crippen molar-refractivity contribution in [3.63, 3.8) is 0 Å². The van der Waals surface area contributed by atoms with E-state index in [0.717, 1.165) is 24.7 Å². The molecular weight excluding hydrogens is 254 g/mol. The van der Waals surface area contributed by atoms with Crippen LogP contribution in [-0.2, 0) is 0 Å². The summed E-state index contributed by atoms with van der Waals surface area (Å²) in [4.78, 5) is 7.27. The summed E-state index contributed by atoms with van der Waals surface area (Å²) < 4.78 is 0. The molecule has 1 aromatic rings. The van der Waals surface area contributed by atoms with E-state index in [1.807, 2.05) is 0 Å². The molecule has 0 radical (unpaired) electrons. The third-order valence-corrected chi connectivity index (χ3v) is 5.47. The average Bonchev–Trinajstić information content (AvgIpc) is 2.70. The molecule has 19 heavy (non-hydrogen) atoms. The van der Waals surface area contributed by atoms with Gasteiger partial charge in [0, 0.05) is 30.2 Å². The van der Waals surface area contributed by atoms with Gasteiger partial charge in [0.15, 0.2) is 0 Å². The Hall–Kier alpha value is -0.450. The second kappa shape index (κ2) is 6.82. The van der Waals surface area contributed by atoms with Crippen LogP contribution in [0.5, 0.6) is 0 Å². The number of thiazole rings is 1. The van der Waals surface area contributed by atoms with E-state index in [9.17, 15) is 0 Å². The van der Waals surface area contributed by atoms with Crippen molar-refractivity contribution in [3.8, 4) is 0 Å². The minimum Gasteiger partial charge on any atom is -0.312 e. The molecule has 1 aliphatic rings. The highest BCUT2D eigenvalue weighted by molar-refractivity contribution is 7.09. The van der Waals surface area contributed by atoms with Gasteiger partial charge < -0.3 is 5.32 Å². The van der Waals surface area contributed by atoms with Gasteiger partial charge in [-0.1, -0.05) is 20.3 Å². The Bertz CT molecular complexity index is 390. The molecule has 1 fully saturated rings. The molecule has 1 aliphatic heterocycles. The van der Waals surface area contributed by atoms with Crippen molar-refractivity contribution in [3.05, 3.63) is 16.1 Å². The van der Waals surface area contributed by atoms with Crippen molar-refractivity contribution in [1.82, 2.24) is 15.2 Å². The summed E-state index contributed by atoms with van der Waals surface area (Å²) in [5, 5.41) is 7.14. The van der Waals surface area contributed by atoms with Crippen LogP contribution in [-0.4, -0.2) is 35.6 Å². The van der Waals surface area contributed by atoms with Crippen molar-refractivity contribution in [2.45, 2.75) is 52.6 Å². The first-order valence-corrected chi connectivity index (χ1v) is 8.39. The summed E-state index contributed by atoms with van der Waals surface area (Å²) >= 11 is 1.80. The lowest BCUT2D eigenvalue weighted by Gasteiger charge is -2.31. The molecule has 1 N–H and O–H groups in total. The zero-order valence-electron chi connectivity index (χ0n) is 12.6. The van der Waals surface area contributed by atoms with Crippen molar-refractivity contribution < 1.29 is 0 Å². The molecule has 1 aromatic heterocycles. The summed E-state index contributed by atoms with van der Waals surface area (Å²) in [5.41, 5.74) is 1.15. The fourth-order valence-corrected chi connectivity index (χ4v) is 3.60. The number of hydrogen-bond donors (Lipinski definition) is 1. The third kappa shape index (κ3) is 3.77. The smallest absolute Gasteiger partial charge is 0.110 e. The van der Waals surface area contributed by atoms with Crippen molar-refractivity contribution in [2.75, 3.05) is 19.6 Å². The fourth-order valence-electron chi connectivity index (χ4n) is 2.72. The molecule has 2 rings (SSSR count). The Morgan fingerprint density at radius 1 is 1.53 bits per heavy atom. The second-order valence-electron chi connectivity index (χ2n) is 5.80. The van der Waals surface area contributed by atoms with Crippen LogP contribution in [0.2, 0.25) is 0 Å². The molecule has 3 atom stereocenters. The fraction of sp³-hybridized carbons (Fsp3) is 0.800.